The highest BCUT2D eigenvalue weighted by molar-refractivity contribution is 5.93. The lowest BCUT2D eigenvalue weighted by molar-refractivity contribution is 0.318. The minimum absolute atomic E-state index is 0.0138. The maximum absolute atomic E-state index is 12.4. The van der Waals surface area contributed by atoms with E-state index in [1.54, 1.807) is 10.8 Å². The summed E-state index contributed by atoms with van der Waals surface area (Å²) in [6.45, 7) is 5.71. The van der Waals surface area contributed by atoms with Crippen molar-refractivity contribution in [2.24, 2.45) is 10.9 Å². The molecule has 3 N–H and O–H groups in total. The predicted octanol–water partition coefficient (Wildman–Crippen LogP) is -0.327. The zero-order valence-corrected chi connectivity index (χ0v) is 11.3. The van der Waals surface area contributed by atoms with Crippen molar-refractivity contribution in [3.63, 3.8) is 0 Å². The van der Waals surface area contributed by atoms with Gasteiger partial charge >= 0.3 is 0 Å². The van der Waals surface area contributed by atoms with Gasteiger partial charge in [0, 0.05) is 17.9 Å². The molecule has 0 atom stereocenters. The van der Waals surface area contributed by atoms with Crippen LogP contribution in [0.25, 0.3) is 5.82 Å². The molecule has 2 aromatic rings. The number of oxime groups is 1. The molecule has 9 nitrogen and oxygen atoms in total. The highest BCUT2D eigenvalue weighted by Crippen LogP contribution is 2.10. The first kappa shape index (κ1) is 13.7. The van der Waals surface area contributed by atoms with Crippen LogP contribution in [0, 0.1) is 0 Å². The molecular weight excluding hydrogens is 262 g/mol. The largest absolute Gasteiger partial charge is 0.409 e. The van der Waals surface area contributed by atoms with Crippen LogP contribution < -0.4 is 11.3 Å². The molecule has 0 radical (unpaired) electrons. The molecule has 9 heteroatoms. The van der Waals surface area contributed by atoms with Gasteiger partial charge in [-0.25, -0.2) is 9.97 Å². The lowest BCUT2D eigenvalue weighted by Gasteiger charge is -2.22. The Kier molecular flexibility index (Phi) is 3.26. The molecule has 0 spiro atoms. The standard InChI is InChI=1S/C11H15N7O2/c1-11(2,3)17-5-4-13-9(10(17)19)18-6-14-8(15-18)7(12)16-20/h4-6,20H,1-3H3,(H2,12,16). The summed E-state index contributed by atoms with van der Waals surface area (Å²) in [5, 5.41) is 15.3. The van der Waals surface area contributed by atoms with Gasteiger partial charge in [-0.1, -0.05) is 5.16 Å². The van der Waals surface area contributed by atoms with Crippen LogP contribution in [-0.4, -0.2) is 35.4 Å². The summed E-state index contributed by atoms with van der Waals surface area (Å²) in [6, 6.07) is 0. The quantitative estimate of drug-likeness (QED) is 0.335. The molecule has 0 amide bonds. The van der Waals surface area contributed by atoms with Crippen molar-refractivity contribution in [3.05, 3.63) is 34.9 Å². The van der Waals surface area contributed by atoms with Crippen LogP contribution >= 0.6 is 0 Å². The van der Waals surface area contributed by atoms with Gasteiger partial charge < -0.3 is 15.5 Å². The normalized spacial score (nSPS) is 12.7. The Morgan fingerprint density at radius 2 is 2.10 bits per heavy atom. The third kappa shape index (κ3) is 2.37. The molecule has 106 valence electrons. The summed E-state index contributed by atoms with van der Waals surface area (Å²) in [7, 11) is 0. The molecule has 0 saturated heterocycles. The fourth-order valence-electron chi connectivity index (χ4n) is 1.61. The van der Waals surface area contributed by atoms with Gasteiger partial charge in [0.15, 0.2) is 0 Å². The van der Waals surface area contributed by atoms with E-state index in [-0.39, 0.29) is 28.6 Å². The fourth-order valence-corrected chi connectivity index (χ4v) is 1.61. The molecule has 0 bridgehead atoms. The lowest BCUT2D eigenvalue weighted by Crippen LogP contribution is -2.36. The van der Waals surface area contributed by atoms with Crippen LogP contribution in [-0.2, 0) is 5.54 Å². The molecule has 20 heavy (non-hydrogen) atoms. The smallest absolute Gasteiger partial charge is 0.296 e. The third-order valence-corrected chi connectivity index (χ3v) is 2.59. The molecule has 0 fully saturated rings. The second kappa shape index (κ2) is 4.76. The summed E-state index contributed by atoms with van der Waals surface area (Å²) in [5.74, 6) is -0.136. The van der Waals surface area contributed by atoms with Crippen LogP contribution in [0.15, 0.2) is 28.7 Å². The first-order chi connectivity index (χ1) is 9.34. The summed E-state index contributed by atoms with van der Waals surface area (Å²) in [5.41, 5.74) is 4.69. The van der Waals surface area contributed by atoms with E-state index in [0.29, 0.717) is 0 Å². The van der Waals surface area contributed by atoms with Crippen LogP contribution in [0.5, 0.6) is 0 Å². The maximum Gasteiger partial charge on any atom is 0.296 e. The average molecular weight is 277 g/mol. The molecule has 0 aromatic carbocycles. The molecule has 2 heterocycles. The number of nitrogens with zero attached hydrogens (tertiary/aromatic N) is 6. The lowest BCUT2D eigenvalue weighted by atomic mass is 10.1. The van der Waals surface area contributed by atoms with Crippen molar-refractivity contribution in [2.45, 2.75) is 26.3 Å². The average Bonchev–Trinajstić information content (AvgIpc) is 2.86. The molecule has 2 rings (SSSR count). The van der Waals surface area contributed by atoms with Crippen molar-refractivity contribution in [2.75, 3.05) is 0 Å². The highest BCUT2D eigenvalue weighted by atomic mass is 16.4. The number of amidine groups is 1. The highest BCUT2D eigenvalue weighted by Gasteiger charge is 2.18. The monoisotopic (exact) mass is 277 g/mol. The topological polar surface area (TPSA) is 124 Å². The minimum Gasteiger partial charge on any atom is -0.409 e. The van der Waals surface area contributed by atoms with Crippen molar-refractivity contribution in [1.82, 2.24) is 24.3 Å². The van der Waals surface area contributed by atoms with Gasteiger partial charge in [0.1, 0.15) is 6.33 Å². The maximum atomic E-state index is 12.4. The molecule has 0 unspecified atom stereocenters. The van der Waals surface area contributed by atoms with Gasteiger partial charge in [-0.3, -0.25) is 4.79 Å². The Labute approximate surface area is 114 Å². The molecule has 2 aromatic heterocycles. The number of aromatic nitrogens is 5. The summed E-state index contributed by atoms with van der Waals surface area (Å²) in [6.07, 6.45) is 4.39. The molecule has 0 aliphatic rings. The summed E-state index contributed by atoms with van der Waals surface area (Å²) >= 11 is 0. The number of nitrogens with two attached hydrogens (primary N) is 1. The van der Waals surface area contributed by atoms with Crippen LogP contribution in [0.1, 0.15) is 26.6 Å². The van der Waals surface area contributed by atoms with Crippen molar-refractivity contribution in [1.29, 1.82) is 0 Å². The van der Waals surface area contributed by atoms with E-state index in [1.807, 2.05) is 20.8 Å². The SMILES string of the molecule is CC(C)(C)n1ccnc(-n2cnc(C(N)=NO)n2)c1=O. The number of hydrogen-bond donors (Lipinski definition) is 2. The van der Waals surface area contributed by atoms with Crippen molar-refractivity contribution < 1.29 is 5.21 Å². The van der Waals surface area contributed by atoms with Gasteiger partial charge in [0.25, 0.3) is 5.56 Å². The Balaban J connectivity index is 2.55. The second-order valence-electron chi connectivity index (χ2n) is 5.09. The minimum atomic E-state index is -0.385. The molecule has 0 aliphatic carbocycles. The number of hydrogen-bond acceptors (Lipinski definition) is 6. The second-order valence-corrected chi connectivity index (χ2v) is 5.09. The summed E-state index contributed by atoms with van der Waals surface area (Å²) in [4.78, 5) is 20.2. The first-order valence-corrected chi connectivity index (χ1v) is 5.82. The van der Waals surface area contributed by atoms with Crippen molar-refractivity contribution in [3.8, 4) is 5.82 Å². The first-order valence-electron chi connectivity index (χ1n) is 5.82. The van der Waals surface area contributed by atoms with E-state index >= 15 is 0 Å². The Hall–Kier alpha value is -2.71. The van der Waals surface area contributed by atoms with E-state index in [2.05, 4.69) is 20.2 Å². The van der Waals surface area contributed by atoms with Gasteiger partial charge in [-0.2, -0.15) is 4.68 Å². The number of rotatable bonds is 2. The molecule has 0 aliphatic heterocycles. The van der Waals surface area contributed by atoms with Crippen molar-refractivity contribution >= 4 is 5.84 Å². The predicted molar refractivity (Wildman–Crippen MR) is 70.9 cm³/mol. The zero-order chi connectivity index (χ0) is 14.9. The van der Waals surface area contributed by atoms with E-state index in [9.17, 15) is 4.79 Å². The van der Waals surface area contributed by atoms with Crippen LogP contribution in [0.3, 0.4) is 0 Å². The van der Waals surface area contributed by atoms with Gasteiger partial charge in [-0.05, 0) is 20.8 Å². The van der Waals surface area contributed by atoms with Gasteiger partial charge in [0.05, 0.1) is 0 Å². The van der Waals surface area contributed by atoms with Gasteiger partial charge in [-0.15, -0.1) is 5.10 Å². The Bertz CT molecular complexity index is 708. The Morgan fingerprint density at radius 1 is 1.40 bits per heavy atom. The summed E-state index contributed by atoms with van der Waals surface area (Å²) < 4.78 is 2.73. The van der Waals surface area contributed by atoms with E-state index in [1.165, 1.54) is 17.2 Å². The van der Waals surface area contributed by atoms with E-state index in [0.717, 1.165) is 0 Å². The zero-order valence-electron chi connectivity index (χ0n) is 11.3. The van der Waals surface area contributed by atoms with Crippen LogP contribution in [0.2, 0.25) is 0 Å². The molecule has 0 saturated carbocycles. The fraction of sp³-hybridized carbons (Fsp3) is 0.364. The molecular formula is C11H15N7O2. The van der Waals surface area contributed by atoms with E-state index < -0.39 is 0 Å². The van der Waals surface area contributed by atoms with E-state index in [4.69, 9.17) is 10.9 Å². The third-order valence-electron chi connectivity index (χ3n) is 2.59. The van der Waals surface area contributed by atoms with Crippen LogP contribution in [0.4, 0.5) is 0 Å². The van der Waals surface area contributed by atoms with Gasteiger partial charge in [0.2, 0.25) is 17.5 Å². The Morgan fingerprint density at radius 3 is 2.70 bits per heavy atom.